The Morgan fingerprint density at radius 1 is 1.10 bits per heavy atom. The molecule has 0 heterocycles. The Morgan fingerprint density at radius 3 is 2.10 bits per heavy atom. The Labute approximate surface area is 132 Å². The highest BCUT2D eigenvalue weighted by Gasteiger charge is 2.07. The summed E-state index contributed by atoms with van der Waals surface area (Å²) in [6, 6.07) is 15.2. The summed E-state index contributed by atoms with van der Waals surface area (Å²) >= 11 is 5.89. The Hall–Kier alpha value is -1.65. The second-order valence-electron chi connectivity index (χ2n) is 4.55. The molecular formula is C16H17ClN2OS. The molecule has 2 aromatic carbocycles. The largest absolute Gasteiger partial charge is 0.323 e. The van der Waals surface area contributed by atoms with Crippen LogP contribution in [0.3, 0.4) is 0 Å². The Kier molecular flexibility index (Phi) is 5.53. The molecule has 2 N–H and O–H groups in total. The van der Waals surface area contributed by atoms with Crippen LogP contribution in [-0.2, 0) is 16.6 Å². The molecule has 21 heavy (non-hydrogen) atoms. The fraction of sp³-hybridized carbons (Fsp3) is 0.188. The van der Waals surface area contributed by atoms with E-state index >= 15 is 0 Å². The molecule has 0 saturated heterocycles. The predicted molar refractivity (Wildman–Crippen MR) is 90.1 cm³/mol. The highest BCUT2D eigenvalue weighted by molar-refractivity contribution is 7.84. The average Bonchev–Trinajstić information content (AvgIpc) is 2.51. The quantitative estimate of drug-likeness (QED) is 0.522. The number of hydrogen-bond donors (Lipinski definition) is 1. The van der Waals surface area contributed by atoms with Gasteiger partial charge in [0.2, 0.25) is 0 Å². The van der Waals surface area contributed by atoms with Gasteiger partial charge in [0.1, 0.15) is 0 Å². The normalized spacial score (nSPS) is 13.1. The summed E-state index contributed by atoms with van der Waals surface area (Å²) in [6.07, 6.45) is 0. The van der Waals surface area contributed by atoms with Gasteiger partial charge in [0.25, 0.3) is 0 Å². The van der Waals surface area contributed by atoms with Crippen LogP contribution in [-0.4, -0.2) is 15.7 Å². The lowest BCUT2D eigenvalue weighted by atomic mass is 10.0. The van der Waals surface area contributed by atoms with Crippen molar-refractivity contribution in [2.24, 2.45) is 10.9 Å². The minimum absolute atomic E-state index is 0.576. The fourth-order valence-electron chi connectivity index (χ4n) is 1.97. The average molecular weight is 321 g/mol. The summed E-state index contributed by atoms with van der Waals surface area (Å²) in [4.78, 5) is 0. The molecule has 2 rings (SSSR count). The maximum Gasteiger partial charge on any atom is 0.0971 e. The third kappa shape index (κ3) is 4.16. The van der Waals surface area contributed by atoms with E-state index < -0.39 is 10.8 Å². The van der Waals surface area contributed by atoms with Crippen LogP contribution in [0.25, 0.3) is 0 Å². The van der Waals surface area contributed by atoms with E-state index in [1.54, 1.807) is 12.1 Å². The Bertz CT molecular complexity index is 651. The third-order valence-electron chi connectivity index (χ3n) is 3.12. The fourth-order valence-corrected chi connectivity index (χ4v) is 2.86. The van der Waals surface area contributed by atoms with Crippen LogP contribution in [0.2, 0.25) is 5.02 Å². The SMILES string of the molecule is CCS(=O)Cc1ccc(C(=NN)c2ccc(Cl)cc2)cc1. The Morgan fingerprint density at radius 2 is 1.62 bits per heavy atom. The zero-order valence-corrected chi connectivity index (χ0v) is 13.3. The predicted octanol–water partition coefficient (Wildman–Crippen LogP) is 3.32. The summed E-state index contributed by atoms with van der Waals surface area (Å²) in [7, 11) is -0.805. The van der Waals surface area contributed by atoms with E-state index in [1.165, 1.54) is 0 Å². The first-order valence-corrected chi connectivity index (χ1v) is 8.48. The van der Waals surface area contributed by atoms with Crippen LogP contribution >= 0.6 is 11.6 Å². The van der Waals surface area contributed by atoms with E-state index in [4.69, 9.17) is 17.4 Å². The van der Waals surface area contributed by atoms with E-state index in [0.717, 1.165) is 16.7 Å². The number of halogens is 1. The molecule has 0 aliphatic rings. The van der Waals surface area contributed by atoms with Gasteiger partial charge >= 0.3 is 0 Å². The first-order chi connectivity index (χ1) is 10.1. The molecule has 5 heteroatoms. The summed E-state index contributed by atoms with van der Waals surface area (Å²) in [5.74, 6) is 6.77. The number of hydrazone groups is 1. The molecule has 1 unspecified atom stereocenters. The van der Waals surface area contributed by atoms with Crippen molar-refractivity contribution in [1.82, 2.24) is 0 Å². The van der Waals surface area contributed by atoms with Crippen molar-refractivity contribution in [3.05, 3.63) is 70.2 Å². The topological polar surface area (TPSA) is 55.5 Å². The van der Waals surface area contributed by atoms with Gasteiger partial charge in [-0.2, -0.15) is 5.10 Å². The first kappa shape index (κ1) is 15.7. The monoisotopic (exact) mass is 320 g/mol. The number of nitrogens with zero attached hydrogens (tertiary/aromatic N) is 1. The van der Waals surface area contributed by atoms with Gasteiger partial charge in [-0.05, 0) is 17.7 Å². The lowest BCUT2D eigenvalue weighted by Crippen LogP contribution is -2.06. The molecule has 0 spiro atoms. The highest BCUT2D eigenvalue weighted by atomic mass is 35.5. The van der Waals surface area contributed by atoms with Gasteiger partial charge in [-0.15, -0.1) is 0 Å². The van der Waals surface area contributed by atoms with Gasteiger partial charge in [0.05, 0.1) is 5.71 Å². The van der Waals surface area contributed by atoms with Crippen LogP contribution in [0.5, 0.6) is 0 Å². The van der Waals surface area contributed by atoms with Crippen molar-refractivity contribution >= 4 is 28.1 Å². The van der Waals surface area contributed by atoms with Crippen molar-refractivity contribution in [2.75, 3.05) is 5.75 Å². The van der Waals surface area contributed by atoms with E-state index in [1.807, 2.05) is 43.3 Å². The third-order valence-corrected chi connectivity index (χ3v) is 4.67. The molecule has 0 aliphatic carbocycles. The zero-order valence-electron chi connectivity index (χ0n) is 11.8. The maximum atomic E-state index is 11.6. The standard InChI is InChI=1S/C16H17ClN2OS/c1-2-21(20)11-12-3-5-13(6-4-12)16(19-18)14-7-9-15(17)10-8-14/h3-10H,2,11,18H2,1H3. The van der Waals surface area contributed by atoms with Crippen molar-refractivity contribution in [3.63, 3.8) is 0 Å². The molecular weight excluding hydrogens is 304 g/mol. The van der Waals surface area contributed by atoms with E-state index in [-0.39, 0.29) is 0 Å². The van der Waals surface area contributed by atoms with Crippen molar-refractivity contribution in [3.8, 4) is 0 Å². The molecule has 0 radical (unpaired) electrons. The molecule has 0 saturated carbocycles. The van der Waals surface area contributed by atoms with Gasteiger partial charge in [0, 0.05) is 38.5 Å². The van der Waals surface area contributed by atoms with Crippen LogP contribution in [0, 0.1) is 0 Å². The summed E-state index contributed by atoms with van der Waals surface area (Å²) in [5, 5.41) is 4.55. The number of hydrogen-bond acceptors (Lipinski definition) is 3. The van der Waals surface area contributed by atoms with Crippen LogP contribution in [0.4, 0.5) is 0 Å². The van der Waals surface area contributed by atoms with Crippen LogP contribution in [0.15, 0.2) is 53.6 Å². The smallest absolute Gasteiger partial charge is 0.0971 e. The molecule has 2 aromatic rings. The van der Waals surface area contributed by atoms with Gasteiger partial charge in [-0.1, -0.05) is 54.9 Å². The number of benzene rings is 2. The highest BCUT2D eigenvalue weighted by Crippen LogP contribution is 2.15. The minimum Gasteiger partial charge on any atom is -0.323 e. The molecule has 0 fully saturated rings. The summed E-state index contributed by atoms with van der Waals surface area (Å²) in [6.45, 7) is 1.92. The first-order valence-electron chi connectivity index (χ1n) is 6.62. The van der Waals surface area contributed by atoms with Crippen LogP contribution < -0.4 is 5.84 Å². The van der Waals surface area contributed by atoms with Crippen molar-refractivity contribution in [1.29, 1.82) is 0 Å². The second kappa shape index (κ2) is 7.38. The molecule has 0 amide bonds. The molecule has 0 aliphatic heterocycles. The van der Waals surface area contributed by atoms with E-state index in [2.05, 4.69) is 5.10 Å². The number of rotatable bonds is 5. The Balaban J connectivity index is 2.23. The van der Waals surface area contributed by atoms with Gasteiger partial charge < -0.3 is 5.84 Å². The van der Waals surface area contributed by atoms with Crippen molar-refractivity contribution in [2.45, 2.75) is 12.7 Å². The van der Waals surface area contributed by atoms with E-state index in [9.17, 15) is 4.21 Å². The van der Waals surface area contributed by atoms with Gasteiger partial charge in [0.15, 0.2) is 0 Å². The van der Waals surface area contributed by atoms with Gasteiger partial charge in [-0.25, -0.2) is 0 Å². The second-order valence-corrected chi connectivity index (χ2v) is 6.74. The van der Waals surface area contributed by atoms with Gasteiger partial charge in [-0.3, -0.25) is 4.21 Å². The molecule has 0 bridgehead atoms. The lowest BCUT2D eigenvalue weighted by Gasteiger charge is -2.07. The summed E-state index contributed by atoms with van der Waals surface area (Å²) in [5.41, 5.74) is 3.58. The lowest BCUT2D eigenvalue weighted by molar-refractivity contribution is 0.683. The molecule has 110 valence electrons. The number of nitrogens with two attached hydrogens (primary N) is 1. The maximum absolute atomic E-state index is 11.6. The summed E-state index contributed by atoms with van der Waals surface area (Å²) < 4.78 is 11.6. The molecule has 1 atom stereocenters. The zero-order chi connectivity index (χ0) is 15.2. The molecule has 3 nitrogen and oxygen atoms in total. The minimum atomic E-state index is -0.805. The van der Waals surface area contributed by atoms with Crippen molar-refractivity contribution < 1.29 is 4.21 Å². The van der Waals surface area contributed by atoms with Crippen LogP contribution in [0.1, 0.15) is 23.6 Å². The van der Waals surface area contributed by atoms with E-state index in [0.29, 0.717) is 22.2 Å². The molecule has 0 aromatic heterocycles.